The molecule has 4 rings (SSSR count). The zero-order valence-electron chi connectivity index (χ0n) is 13.9. The lowest BCUT2D eigenvalue weighted by atomic mass is 9.89. The monoisotopic (exact) mass is 346 g/mol. The molecule has 2 aliphatic heterocycles. The Morgan fingerprint density at radius 3 is 2.71 bits per heavy atom. The molecule has 0 spiro atoms. The molecule has 2 aromatic rings. The van der Waals surface area contributed by atoms with Gasteiger partial charge in [0, 0.05) is 32.0 Å². The molecule has 4 heterocycles. The maximum Gasteiger partial charge on any atom is 0.246 e. The third-order valence-corrected chi connectivity index (χ3v) is 7.23. The third-order valence-electron chi connectivity index (χ3n) is 5.29. The fraction of sp³-hybridized carbons (Fsp3) is 0.529. The van der Waals surface area contributed by atoms with Crippen LogP contribution in [-0.4, -0.2) is 40.6 Å². The van der Waals surface area contributed by atoms with E-state index in [1.54, 1.807) is 10.5 Å². The van der Waals surface area contributed by atoms with Gasteiger partial charge in [0.05, 0.1) is 11.9 Å². The fourth-order valence-corrected chi connectivity index (χ4v) is 5.56. The van der Waals surface area contributed by atoms with Crippen molar-refractivity contribution in [2.45, 2.75) is 50.0 Å². The van der Waals surface area contributed by atoms with Crippen molar-refractivity contribution in [3.63, 3.8) is 0 Å². The van der Waals surface area contributed by atoms with Gasteiger partial charge in [-0.3, -0.25) is 9.67 Å². The molecule has 0 amide bonds. The molecule has 1 fully saturated rings. The highest BCUT2D eigenvalue weighted by Gasteiger charge is 2.34. The van der Waals surface area contributed by atoms with Gasteiger partial charge in [-0.05, 0) is 55.7 Å². The SMILES string of the molecule is Cc1ccncc1C1CCN(S(=O)(=O)c2cnn3c2CCC3)CC1. The number of sulfonamides is 1. The number of hydrogen-bond acceptors (Lipinski definition) is 4. The summed E-state index contributed by atoms with van der Waals surface area (Å²) >= 11 is 0. The molecule has 0 N–H and O–H groups in total. The fourth-order valence-electron chi connectivity index (χ4n) is 3.90. The van der Waals surface area contributed by atoms with Crippen LogP contribution >= 0.6 is 0 Å². The van der Waals surface area contributed by atoms with Crippen LogP contribution in [0.4, 0.5) is 0 Å². The lowest BCUT2D eigenvalue weighted by Crippen LogP contribution is -2.38. The summed E-state index contributed by atoms with van der Waals surface area (Å²) in [6.07, 6.45) is 8.73. The van der Waals surface area contributed by atoms with E-state index in [2.05, 4.69) is 17.0 Å². The Balaban J connectivity index is 1.52. The van der Waals surface area contributed by atoms with E-state index in [1.165, 1.54) is 17.3 Å². The Bertz CT molecular complexity index is 851. The van der Waals surface area contributed by atoms with Crippen molar-refractivity contribution >= 4 is 10.0 Å². The van der Waals surface area contributed by atoms with Crippen molar-refractivity contribution in [2.24, 2.45) is 0 Å². The Morgan fingerprint density at radius 1 is 1.17 bits per heavy atom. The van der Waals surface area contributed by atoms with Crippen molar-refractivity contribution in [2.75, 3.05) is 13.1 Å². The minimum atomic E-state index is -3.43. The average molecular weight is 346 g/mol. The minimum Gasteiger partial charge on any atom is -0.268 e. The summed E-state index contributed by atoms with van der Waals surface area (Å²) < 4.78 is 29.4. The number of fused-ring (bicyclic) bond motifs is 1. The number of piperidine rings is 1. The molecule has 7 heteroatoms. The molecule has 2 aliphatic rings. The van der Waals surface area contributed by atoms with Crippen molar-refractivity contribution in [1.82, 2.24) is 19.1 Å². The van der Waals surface area contributed by atoms with Crippen molar-refractivity contribution < 1.29 is 8.42 Å². The molecule has 0 bridgehead atoms. The number of aromatic nitrogens is 3. The van der Waals surface area contributed by atoms with Gasteiger partial charge in [0.25, 0.3) is 0 Å². The Kier molecular flexibility index (Phi) is 3.92. The summed E-state index contributed by atoms with van der Waals surface area (Å²) in [5.74, 6) is 0.392. The van der Waals surface area contributed by atoms with Crippen LogP contribution in [0, 0.1) is 6.92 Å². The van der Waals surface area contributed by atoms with Gasteiger partial charge in [-0.25, -0.2) is 8.42 Å². The zero-order chi connectivity index (χ0) is 16.7. The zero-order valence-corrected chi connectivity index (χ0v) is 14.7. The Morgan fingerprint density at radius 2 is 1.96 bits per heavy atom. The van der Waals surface area contributed by atoms with E-state index in [9.17, 15) is 8.42 Å². The molecule has 128 valence electrons. The first-order valence-electron chi connectivity index (χ1n) is 8.53. The largest absolute Gasteiger partial charge is 0.268 e. The van der Waals surface area contributed by atoms with Crippen LogP contribution in [0.2, 0.25) is 0 Å². The first-order chi connectivity index (χ1) is 11.6. The first kappa shape index (κ1) is 15.8. The van der Waals surface area contributed by atoms with Gasteiger partial charge in [0.2, 0.25) is 10.0 Å². The van der Waals surface area contributed by atoms with Crippen LogP contribution in [0.25, 0.3) is 0 Å². The number of pyridine rings is 1. The number of hydrogen-bond donors (Lipinski definition) is 0. The molecule has 0 radical (unpaired) electrons. The van der Waals surface area contributed by atoms with Gasteiger partial charge in [-0.15, -0.1) is 0 Å². The second-order valence-corrected chi connectivity index (χ2v) is 8.60. The van der Waals surface area contributed by atoms with Gasteiger partial charge in [-0.2, -0.15) is 9.40 Å². The molecular weight excluding hydrogens is 324 g/mol. The second-order valence-electron chi connectivity index (χ2n) is 6.69. The topological polar surface area (TPSA) is 68.1 Å². The molecule has 1 saturated heterocycles. The number of aryl methyl sites for hydroxylation is 2. The second kappa shape index (κ2) is 5.97. The van der Waals surface area contributed by atoms with E-state index in [4.69, 9.17) is 0 Å². The van der Waals surface area contributed by atoms with E-state index in [1.807, 2.05) is 16.9 Å². The van der Waals surface area contributed by atoms with Gasteiger partial charge in [0.1, 0.15) is 4.90 Å². The lowest BCUT2D eigenvalue weighted by molar-refractivity contribution is 0.318. The third kappa shape index (κ3) is 2.56. The summed E-state index contributed by atoms with van der Waals surface area (Å²) in [5.41, 5.74) is 3.36. The van der Waals surface area contributed by atoms with Gasteiger partial charge in [-0.1, -0.05) is 0 Å². The number of nitrogens with zero attached hydrogens (tertiary/aromatic N) is 4. The summed E-state index contributed by atoms with van der Waals surface area (Å²) in [4.78, 5) is 4.64. The van der Waals surface area contributed by atoms with E-state index in [0.717, 1.165) is 37.9 Å². The summed E-state index contributed by atoms with van der Waals surface area (Å²) in [5, 5.41) is 4.23. The van der Waals surface area contributed by atoms with Crippen molar-refractivity contribution in [3.05, 3.63) is 41.5 Å². The Labute approximate surface area is 142 Å². The summed E-state index contributed by atoms with van der Waals surface area (Å²) in [6.45, 7) is 4.04. The maximum absolute atomic E-state index is 13.0. The molecular formula is C17H22N4O2S. The van der Waals surface area contributed by atoms with E-state index in [0.29, 0.717) is 23.9 Å². The first-order valence-corrected chi connectivity index (χ1v) is 9.97. The van der Waals surface area contributed by atoms with Gasteiger partial charge >= 0.3 is 0 Å². The highest BCUT2D eigenvalue weighted by atomic mass is 32.2. The normalized spacial score (nSPS) is 19.5. The van der Waals surface area contributed by atoms with Crippen LogP contribution in [0.15, 0.2) is 29.6 Å². The maximum atomic E-state index is 13.0. The van der Waals surface area contributed by atoms with E-state index in [-0.39, 0.29) is 0 Å². The van der Waals surface area contributed by atoms with Gasteiger partial charge < -0.3 is 0 Å². The summed E-state index contributed by atoms with van der Waals surface area (Å²) in [6, 6.07) is 2.02. The van der Waals surface area contributed by atoms with Crippen LogP contribution in [0.5, 0.6) is 0 Å². The number of rotatable bonds is 3. The average Bonchev–Trinajstić information content (AvgIpc) is 3.18. The van der Waals surface area contributed by atoms with Crippen LogP contribution < -0.4 is 0 Å². The highest BCUT2D eigenvalue weighted by molar-refractivity contribution is 7.89. The van der Waals surface area contributed by atoms with Crippen LogP contribution in [-0.2, 0) is 23.0 Å². The molecule has 0 unspecified atom stereocenters. The minimum absolute atomic E-state index is 0.392. The molecule has 2 aromatic heterocycles. The highest BCUT2D eigenvalue weighted by Crippen LogP contribution is 2.33. The van der Waals surface area contributed by atoms with Crippen molar-refractivity contribution in [3.8, 4) is 0 Å². The summed E-state index contributed by atoms with van der Waals surface area (Å²) in [7, 11) is -3.43. The molecule has 0 atom stereocenters. The Hall–Kier alpha value is -1.73. The smallest absolute Gasteiger partial charge is 0.246 e. The predicted molar refractivity (Wildman–Crippen MR) is 90.3 cm³/mol. The van der Waals surface area contributed by atoms with Crippen LogP contribution in [0.3, 0.4) is 0 Å². The molecule has 0 saturated carbocycles. The molecule has 0 aromatic carbocycles. The molecule has 6 nitrogen and oxygen atoms in total. The van der Waals surface area contributed by atoms with E-state index >= 15 is 0 Å². The quantitative estimate of drug-likeness (QED) is 0.853. The van der Waals surface area contributed by atoms with E-state index < -0.39 is 10.0 Å². The lowest BCUT2D eigenvalue weighted by Gasteiger charge is -2.31. The van der Waals surface area contributed by atoms with Crippen molar-refractivity contribution in [1.29, 1.82) is 0 Å². The molecule has 0 aliphatic carbocycles. The van der Waals surface area contributed by atoms with Crippen LogP contribution in [0.1, 0.15) is 42.0 Å². The molecule has 24 heavy (non-hydrogen) atoms. The standard InChI is InChI=1S/C17H22N4O2S/c1-13-4-7-18-11-15(13)14-5-9-20(10-6-14)24(22,23)17-12-19-21-8-2-3-16(17)21/h4,7,11-12,14H,2-3,5-6,8-10H2,1H3. The predicted octanol–water partition coefficient (Wildman–Crippen LogP) is 2.10. The van der Waals surface area contributed by atoms with Gasteiger partial charge in [0.15, 0.2) is 0 Å².